The Bertz CT molecular complexity index is 1340. The van der Waals surface area contributed by atoms with E-state index in [4.69, 9.17) is 11.6 Å². The van der Waals surface area contributed by atoms with Gasteiger partial charge in [0.15, 0.2) is 0 Å². The van der Waals surface area contributed by atoms with Gasteiger partial charge in [-0.25, -0.2) is 8.42 Å². The molecular formula is C26H27ClF5N3O2S. The van der Waals surface area contributed by atoms with E-state index in [-0.39, 0.29) is 28.9 Å². The molecule has 4 rings (SSSR count). The van der Waals surface area contributed by atoms with Crippen molar-refractivity contribution in [3.05, 3.63) is 70.8 Å². The first-order valence-corrected chi connectivity index (χ1v) is 14.0. The van der Waals surface area contributed by atoms with Crippen LogP contribution in [0.4, 0.5) is 27.6 Å². The average Bonchev–Trinajstić information content (AvgIpc) is 3.29. The normalized spacial score (nSPS) is 19.6. The van der Waals surface area contributed by atoms with Gasteiger partial charge >= 0.3 is 12.1 Å². The molecule has 2 aliphatic rings. The van der Waals surface area contributed by atoms with Gasteiger partial charge in [0.1, 0.15) is 5.71 Å². The second kappa shape index (κ2) is 10.6. The quantitative estimate of drug-likeness (QED) is 0.337. The molecule has 0 radical (unpaired) electrons. The number of halogens is 6. The van der Waals surface area contributed by atoms with Crippen LogP contribution >= 0.6 is 11.6 Å². The second-order valence-corrected chi connectivity index (χ2v) is 12.2. The van der Waals surface area contributed by atoms with E-state index in [1.165, 1.54) is 16.4 Å². The fourth-order valence-corrected chi connectivity index (χ4v) is 6.54. The minimum Gasteiger partial charge on any atom is -0.256 e. The molecule has 12 heteroatoms. The molecule has 0 bridgehead atoms. The number of rotatable bonds is 7. The molecule has 0 amide bonds. The molecule has 0 N–H and O–H groups in total. The predicted molar refractivity (Wildman–Crippen MR) is 139 cm³/mol. The summed E-state index contributed by atoms with van der Waals surface area (Å²) in [5.74, 6) is -5.00. The van der Waals surface area contributed by atoms with Crippen molar-refractivity contribution in [2.45, 2.75) is 44.8 Å². The van der Waals surface area contributed by atoms with Gasteiger partial charge in [-0.15, -0.1) is 0 Å². The monoisotopic (exact) mass is 575 g/mol. The smallest absolute Gasteiger partial charge is 0.256 e. The fraction of sp³-hybridized carbons (Fsp3) is 0.423. The maximum Gasteiger partial charge on any atom is 0.459 e. The van der Waals surface area contributed by atoms with Crippen LogP contribution in [0.25, 0.3) is 5.57 Å². The molecule has 2 heterocycles. The Hall–Kier alpha value is -2.50. The number of anilines is 1. The zero-order chi connectivity index (χ0) is 27.9. The Morgan fingerprint density at radius 1 is 1.05 bits per heavy atom. The Labute approximate surface area is 223 Å². The summed E-state index contributed by atoms with van der Waals surface area (Å²) in [6, 6.07) is 12.1. The zero-order valence-corrected chi connectivity index (χ0v) is 22.3. The summed E-state index contributed by atoms with van der Waals surface area (Å²) in [6.45, 7) is 4.29. The Morgan fingerprint density at radius 3 is 2.26 bits per heavy atom. The number of hydrogen-bond donors (Lipinski definition) is 0. The van der Waals surface area contributed by atoms with Gasteiger partial charge in [-0.3, -0.25) is 5.01 Å². The van der Waals surface area contributed by atoms with Crippen LogP contribution in [0.1, 0.15) is 43.9 Å². The summed E-state index contributed by atoms with van der Waals surface area (Å²) < 4.78 is 94.3. The lowest BCUT2D eigenvalue weighted by Crippen LogP contribution is -2.43. The van der Waals surface area contributed by atoms with Gasteiger partial charge in [0.25, 0.3) is 0 Å². The summed E-state index contributed by atoms with van der Waals surface area (Å²) >= 11 is 6.23. The van der Waals surface area contributed by atoms with Crippen LogP contribution in [-0.4, -0.2) is 49.4 Å². The van der Waals surface area contributed by atoms with E-state index in [1.807, 2.05) is 19.9 Å². The van der Waals surface area contributed by atoms with Crippen LogP contribution in [0.2, 0.25) is 5.02 Å². The minimum atomic E-state index is -5.78. The van der Waals surface area contributed by atoms with Crippen molar-refractivity contribution < 1.29 is 30.4 Å². The summed E-state index contributed by atoms with van der Waals surface area (Å²) in [6.07, 6.45) is -4.08. The van der Waals surface area contributed by atoms with E-state index in [0.717, 1.165) is 16.1 Å². The highest BCUT2D eigenvalue weighted by molar-refractivity contribution is 7.89. The highest BCUT2D eigenvalue weighted by Gasteiger charge is 2.62. The van der Waals surface area contributed by atoms with Crippen LogP contribution in [0.3, 0.4) is 0 Å². The molecular weight excluding hydrogens is 549 g/mol. The minimum absolute atomic E-state index is 0.0134. The van der Waals surface area contributed by atoms with Crippen molar-refractivity contribution in [3.8, 4) is 0 Å². The highest BCUT2D eigenvalue weighted by atomic mass is 35.5. The zero-order valence-electron chi connectivity index (χ0n) is 20.7. The van der Waals surface area contributed by atoms with Crippen molar-refractivity contribution >= 4 is 38.6 Å². The maximum absolute atomic E-state index is 14.2. The van der Waals surface area contributed by atoms with Crippen LogP contribution in [-0.2, 0) is 10.0 Å². The molecule has 206 valence electrons. The third-order valence-corrected chi connectivity index (χ3v) is 9.03. The average molecular weight is 576 g/mol. The number of sulfonamides is 1. The van der Waals surface area contributed by atoms with Gasteiger partial charge in [0.2, 0.25) is 10.0 Å². The van der Waals surface area contributed by atoms with Gasteiger partial charge in [0.05, 0.1) is 22.5 Å². The highest BCUT2D eigenvalue weighted by Crippen LogP contribution is 2.45. The largest absolute Gasteiger partial charge is 0.459 e. The van der Waals surface area contributed by atoms with Gasteiger partial charge in [-0.2, -0.15) is 31.4 Å². The van der Waals surface area contributed by atoms with Gasteiger partial charge in [0, 0.05) is 19.5 Å². The topological polar surface area (TPSA) is 53.0 Å². The summed E-state index contributed by atoms with van der Waals surface area (Å²) in [4.78, 5) is 0. The lowest BCUT2D eigenvalue weighted by molar-refractivity contribution is -0.249. The van der Waals surface area contributed by atoms with E-state index in [1.54, 1.807) is 36.4 Å². The molecule has 38 heavy (non-hydrogen) atoms. The Kier molecular flexibility index (Phi) is 7.94. The molecule has 5 nitrogen and oxygen atoms in total. The van der Waals surface area contributed by atoms with Crippen LogP contribution in [0.15, 0.2) is 59.7 Å². The molecule has 1 unspecified atom stereocenters. The fourth-order valence-electron chi connectivity index (χ4n) is 4.59. The summed E-state index contributed by atoms with van der Waals surface area (Å²) in [5.41, 5.74) is 1.18. The Morgan fingerprint density at radius 2 is 1.71 bits per heavy atom. The third-order valence-electron chi connectivity index (χ3n) is 6.50. The van der Waals surface area contributed by atoms with E-state index < -0.39 is 40.3 Å². The van der Waals surface area contributed by atoms with E-state index in [2.05, 4.69) is 5.10 Å². The lowest BCUT2D eigenvalue weighted by Gasteiger charge is -2.27. The van der Waals surface area contributed by atoms with Crippen LogP contribution < -0.4 is 5.01 Å². The van der Waals surface area contributed by atoms with Crippen LogP contribution in [0, 0.1) is 5.92 Å². The predicted octanol–water partition coefficient (Wildman–Crippen LogP) is 6.92. The molecule has 1 atom stereocenters. The maximum atomic E-state index is 14.2. The van der Waals surface area contributed by atoms with Crippen molar-refractivity contribution in [2.75, 3.05) is 23.9 Å². The first-order valence-electron chi connectivity index (χ1n) is 12.0. The van der Waals surface area contributed by atoms with Gasteiger partial charge in [-0.05, 0) is 41.2 Å². The van der Waals surface area contributed by atoms with Gasteiger partial charge < -0.3 is 0 Å². The van der Waals surface area contributed by atoms with Crippen molar-refractivity contribution in [1.82, 2.24) is 4.31 Å². The first kappa shape index (κ1) is 28.5. The molecule has 0 saturated heterocycles. The van der Waals surface area contributed by atoms with Crippen molar-refractivity contribution in [1.29, 1.82) is 0 Å². The number of benzene rings is 2. The van der Waals surface area contributed by atoms with Crippen molar-refractivity contribution in [2.24, 2.45) is 11.0 Å². The van der Waals surface area contributed by atoms with Crippen LogP contribution in [0.5, 0.6) is 0 Å². The number of hydrazone groups is 1. The van der Waals surface area contributed by atoms with E-state index in [0.29, 0.717) is 18.5 Å². The SMILES string of the molecule is CC(C)CS(=O)(=O)N1CC=C(c2ccc(C3CC(C(F)(F)C(F)(F)F)=NN3c3ccccc3Cl)cc2)CC1. The number of nitrogens with zero attached hydrogens (tertiary/aromatic N) is 3. The first-order chi connectivity index (χ1) is 17.7. The molecule has 0 fully saturated rings. The summed E-state index contributed by atoms with van der Waals surface area (Å²) in [5, 5.41) is 4.98. The van der Waals surface area contributed by atoms with Crippen molar-refractivity contribution in [3.63, 3.8) is 0 Å². The van der Waals surface area contributed by atoms with E-state index >= 15 is 0 Å². The standard InChI is InChI=1S/C26H27ClF5N3O2S/c1-17(2)16-38(36,37)34-13-11-19(12-14-34)18-7-9-20(10-8-18)23-15-24(25(28,29)26(30,31)32)33-35(23)22-6-4-3-5-21(22)27/h3-11,17,23H,12-16H2,1-2H3. The third kappa shape index (κ3) is 5.74. The lowest BCUT2D eigenvalue weighted by atomic mass is 9.94. The molecule has 0 aliphatic carbocycles. The molecule has 0 aromatic heterocycles. The number of para-hydroxylation sites is 1. The number of alkyl halides is 5. The molecule has 0 saturated carbocycles. The molecule has 2 aromatic carbocycles. The molecule has 2 aliphatic heterocycles. The second-order valence-electron chi connectivity index (χ2n) is 9.77. The number of hydrogen-bond acceptors (Lipinski definition) is 4. The summed E-state index contributed by atoms with van der Waals surface area (Å²) in [7, 11) is -3.35. The molecule has 2 aromatic rings. The van der Waals surface area contributed by atoms with E-state index in [9.17, 15) is 30.4 Å². The molecule has 0 spiro atoms. The van der Waals surface area contributed by atoms with Gasteiger partial charge in [-0.1, -0.05) is 67.9 Å². The Balaban J connectivity index is 1.59.